The number of hydrogen-bond acceptors (Lipinski definition) is 8. The fourth-order valence-corrected chi connectivity index (χ4v) is 0.873. The Kier molecular flexibility index (Phi) is 2.54. The Morgan fingerprint density at radius 2 is 2.50 bits per heavy atom. The summed E-state index contributed by atoms with van der Waals surface area (Å²) in [5.41, 5.74) is 2.44. The van der Waals surface area contributed by atoms with Crippen molar-refractivity contribution in [2.45, 2.75) is 0 Å². The second kappa shape index (κ2) is 4.16. The number of furan rings is 1. The molecule has 0 aliphatic heterocycles. The molecular weight excluding hydrogens is 218 g/mol. The standard InChI is InChI=1S/C6H5N7O3/c14-13(15)5-2-1-4(16-5)3-7-8-6-9-11-12-10-6/h1-3H,(H2,8,9,10,11,12). The SMILES string of the molecule is O=[N+]([O-])c1ccc(C=NNc2nn[nH]n2)o1. The lowest BCUT2D eigenvalue weighted by atomic mass is 10.5. The Morgan fingerprint density at radius 1 is 1.62 bits per heavy atom. The smallest absolute Gasteiger partial charge is 0.400 e. The highest BCUT2D eigenvalue weighted by Gasteiger charge is 2.10. The van der Waals surface area contributed by atoms with Crippen LogP contribution in [0.4, 0.5) is 11.8 Å². The van der Waals surface area contributed by atoms with Crippen LogP contribution in [-0.4, -0.2) is 31.8 Å². The molecule has 0 fully saturated rings. The molecular formula is C6H5N7O3. The third-order valence-electron chi connectivity index (χ3n) is 1.49. The van der Waals surface area contributed by atoms with Crippen LogP contribution in [0.2, 0.25) is 0 Å². The van der Waals surface area contributed by atoms with Gasteiger partial charge in [-0.2, -0.15) is 10.3 Å². The van der Waals surface area contributed by atoms with Gasteiger partial charge in [-0.1, -0.05) is 5.10 Å². The number of aromatic amines is 1. The van der Waals surface area contributed by atoms with Crippen LogP contribution < -0.4 is 5.43 Å². The molecule has 0 radical (unpaired) electrons. The Morgan fingerprint density at radius 3 is 3.12 bits per heavy atom. The number of H-pyrrole nitrogens is 1. The molecule has 2 aromatic rings. The van der Waals surface area contributed by atoms with Crippen LogP contribution in [0.15, 0.2) is 21.7 Å². The third-order valence-corrected chi connectivity index (χ3v) is 1.49. The molecule has 82 valence electrons. The van der Waals surface area contributed by atoms with E-state index in [-0.39, 0.29) is 17.6 Å². The van der Waals surface area contributed by atoms with Gasteiger partial charge in [-0.3, -0.25) is 10.1 Å². The minimum atomic E-state index is -0.635. The summed E-state index contributed by atoms with van der Waals surface area (Å²) in [6.45, 7) is 0. The van der Waals surface area contributed by atoms with Crippen molar-refractivity contribution in [1.29, 1.82) is 0 Å². The fraction of sp³-hybridized carbons (Fsp3) is 0. The second-order valence-corrected chi connectivity index (χ2v) is 2.54. The summed E-state index contributed by atoms with van der Waals surface area (Å²) in [4.78, 5) is 9.66. The summed E-state index contributed by atoms with van der Waals surface area (Å²) >= 11 is 0. The van der Waals surface area contributed by atoms with E-state index >= 15 is 0 Å². The number of rotatable bonds is 4. The van der Waals surface area contributed by atoms with E-state index in [0.717, 1.165) is 0 Å². The highest BCUT2D eigenvalue weighted by atomic mass is 16.6. The van der Waals surface area contributed by atoms with Crippen molar-refractivity contribution in [2.75, 3.05) is 5.43 Å². The van der Waals surface area contributed by atoms with Crippen LogP contribution in [0.1, 0.15) is 5.76 Å². The van der Waals surface area contributed by atoms with E-state index in [0.29, 0.717) is 0 Å². The summed E-state index contributed by atoms with van der Waals surface area (Å²) in [7, 11) is 0. The quantitative estimate of drug-likeness (QED) is 0.427. The zero-order valence-electron chi connectivity index (χ0n) is 7.69. The molecule has 0 aromatic carbocycles. The van der Waals surface area contributed by atoms with Gasteiger partial charge in [0.15, 0.2) is 5.76 Å². The van der Waals surface area contributed by atoms with Crippen molar-refractivity contribution in [2.24, 2.45) is 5.10 Å². The van der Waals surface area contributed by atoms with Crippen LogP contribution in [0, 0.1) is 10.1 Å². The predicted molar refractivity (Wildman–Crippen MR) is 50.8 cm³/mol. The van der Waals surface area contributed by atoms with E-state index in [1.165, 1.54) is 18.3 Å². The topological polar surface area (TPSA) is 135 Å². The zero-order chi connectivity index (χ0) is 11.4. The van der Waals surface area contributed by atoms with Crippen molar-refractivity contribution >= 4 is 18.0 Å². The van der Waals surface area contributed by atoms with E-state index in [1.54, 1.807) is 0 Å². The lowest BCUT2D eigenvalue weighted by Gasteiger charge is -1.87. The van der Waals surface area contributed by atoms with E-state index in [4.69, 9.17) is 4.42 Å². The van der Waals surface area contributed by atoms with Gasteiger partial charge < -0.3 is 4.42 Å². The summed E-state index contributed by atoms with van der Waals surface area (Å²) in [6, 6.07) is 2.65. The fourth-order valence-electron chi connectivity index (χ4n) is 0.873. The van der Waals surface area contributed by atoms with E-state index in [2.05, 4.69) is 31.2 Å². The average molecular weight is 223 g/mol. The number of nitrogens with zero attached hydrogens (tertiary/aromatic N) is 5. The molecule has 0 aliphatic rings. The number of anilines is 1. The number of hydrogen-bond donors (Lipinski definition) is 2. The van der Waals surface area contributed by atoms with Crippen LogP contribution in [0.5, 0.6) is 0 Å². The number of nitrogens with one attached hydrogen (secondary N) is 2. The lowest BCUT2D eigenvalue weighted by molar-refractivity contribution is -0.402. The normalized spacial score (nSPS) is 10.8. The van der Waals surface area contributed by atoms with E-state index < -0.39 is 4.92 Å². The van der Waals surface area contributed by atoms with Gasteiger partial charge >= 0.3 is 5.88 Å². The molecule has 0 saturated carbocycles. The van der Waals surface area contributed by atoms with Gasteiger partial charge in [0.1, 0.15) is 4.92 Å². The van der Waals surface area contributed by atoms with Gasteiger partial charge in [0.05, 0.1) is 12.3 Å². The second-order valence-electron chi connectivity index (χ2n) is 2.54. The minimum Gasteiger partial charge on any atom is -0.400 e. The maximum absolute atomic E-state index is 10.3. The van der Waals surface area contributed by atoms with Crippen molar-refractivity contribution < 1.29 is 9.34 Å². The van der Waals surface area contributed by atoms with Gasteiger partial charge in [-0.25, -0.2) is 5.43 Å². The first kappa shape index (κ1) is 9.76. The maximum atomic E-state index is 10.3. The largest absolute Gasteiger partial charge is 0.433 e. The van der Waals surface area contributed by atoms with Gasteiger partial charge in [0.2, 0.25) is 0 Å². The molecule has 2 N–H and O–H groups in total. The van der Waals surface area contributed by atoms with E-state index in [1.807, 2.05) is 0 Å². The third kappa shape index (κ3) is 2.17. The molecule has 0 spiro atoms. The lowest BCUT2D eigenvalue weighted by Crippen LogP contribution is -1.91. The van der Waals surface area contributed by atoms with Crippen molar-refractivity contribution in [3.8, 4) is 0 Å². The van der Waals surface area contributed by atoms with Crippen molar-refractivity contribution in [3.63, 3.8) is 0 Å². The molecule has 2 rings (SSSR count). The minimum absolute atomic E-state index is 0.178. The number of aromatic nitrogens is 4. The molecule has 0 bridgehead atoms. The first-order valence-electron chi connectivity index (χ1n) is 4.02. The summed E-state index contributed by atoms with van der Waals surface area (Å²) < 4.78 is 4.81. The van der Waals surface area contributed by atoms with Gasteiger partial charge in [0.25, 0.3) is 5.95 Å². The highest BCUT2D eigenvalue weighted by Crippen LogP contribution is 2.13. The molecule has 0 amide bonds. The van der Waals surface area contributed by atoms with Gasteiger partial charge in [-0.05, 0) is 11.3 Å². The molecule has 0 unspecified atom stereocenters. The monoisotopic (exact) mass is 223 g/mol. The highest BCUT2D eigenvalue weighted by molar-refractivity contribution is 5.76. The molecule has 10 nitrogen and oxygen atoms in total. The van der Waals surface area contributed by atoms with Gasteiger partial charge in [0, 0.05) is 0 Å². The van der Waals surface area contributed by atoms with Crippen LogP contribution >= 0.6 is 0 Å². The molecule has 0 atom stereocenters. The molecule has 2 aromatic heterocycles. The van der Waals surface area contributed by atoms with E-state index in [9.17, 15) is 10.1 Å². The summed E-state index contributed by atoms with van der Waals surface area (Å²) in [5.74, 6) is 0.0704. The zero-order valence-corrected chi connectivity index (χ0v) is 7.69. The molecule has 10 heteroatoms. The predicted octanol–water partition coefficient (Wildman–Crippen LogP) is 0.147. The number of hydrazone groups is 1. The van der Waals surface area contributed by atoms with Crippen LogP contribution in [-0.2, 0) is 0 Å². The molecule has 2 heterocycles. The maximum Gasteiger partial charge on any atom is 0.433 e. The molecule has 16 heavy (non-hydrogen) atoms. The Balaban J connectivity index is 1.98. The Bertz CT molecular complexity index is 502. The Labute approximate surface area is 87.5 Å². The number of tetrazole rings is 1. The van der Waals surface area contributed by atoms with Crippen LogP contribution in [0.3, 0.4) is 0 Å². The summed E-state index contributed by atoms with van der Waals surface area (Å²) in [6.07, 6.45) is 1.25. The first-order chi connectivity index (χ1) is 7.75. The molecule has 0 aliphatic carbocycles. The van der Waals surface area contributed by atoms with Crippen LogP contribution in [0.25, 0.3) is 0 Å². The van der Waals surface area contributed by atoms with Crippen molar-refractivity contribution in [3.05, 3.63) is 28.0 Å². The van der Waals surface area contributed by atoms with Crippen molar-refractivity contribution in [1.82, 2.24) is 20.6 Å². The number of nitro groups is 1. The summed E-state index contributed by atoms with van der Waals surface area (Å²) in [5, 5.41) is 26.6. The van der Waals surface area contributed by atoms with Gasteiger partial charge in [-0.15, -0.1) is 5.10 Å². The first-order valence-corrected chi connectivity index (χ1v) is 4.02. The molecule has 0 saturated heterocycles. The average Bonchev–Trinajstić information content (AvgIpc) is 2.87. The Hall–Kier alpha value is -2.78.